The van der Waals surface area contributed by atoms with Crippen LogP contribution < -0.4 is 10.1 Å². The van der Waals surface area contributed by atoms with Gasteiger partial charge in [0.2, 0.25) is 5.91 Å². The van der Waals surface area contributed by atoms with Gasteiger partial charge in [0.1, 0.15) is 5.75 Å². The van der Waals surface area contributed by atoms with E-state index in [2.05, 4.69) is 28.2 Å². The van der Waals surface area contributed by atoms with Crippen molar-refractivity contribution in [2.24, 2.45) is 0 Å². The fourth-order valence-electron chi connectivity index (χ4n) is 1.75. The number of hydrogen-bond donors (Lipinski definition) is 1. The standard InChI is InChI=1S/C16H22BrNO2/c1-3-5-6-11-18-16(19)10-7-13-12-14(17)8-9-15(13)20-4-2/h7-10,12H,3-6,11H2,1-2H3,(H,18,19)/b10-7+. The van der Waals surface area contributed by atoms with E-state index in [9.17, 15) is 4.79 Å². The molecule has 0 heterocycles. The Labute approximate surface area is 129 Å². The maximum absolute atomic E-state index is 11.7. The Morgan fingerprint density at radius 3 is 2.85 bits per heavy atom. The number of amides is 1. The summed E-state index contributed by atoms with van der Waals surface area (Å²) >= 11 is 3.42. The Kier molecular flexibility index (Phi) is 8.04. The molecule has 0 aliphatic carbocycles. The van der Waals surface area contributed by atoms with Crippen LogP contribution in [0.5, 0.6) is 5.75 Å². The molecule has 0 fully saturated rings. The van der Waals surface area contributed by atoms with Gasteiger partial charge in [0.05, 0.1) is 6.61 Å². The second kappa shape index (κ2) is 9.59. The Morgan fingerprint density at radius 1 is 1.35 bits per heavy atom. The second-order valence-corrected chi connectivity index (χ2v) is 5.36. The van der Waals surface area contributed by atoms with Crippen LogP contribution in [0.4, 0.5) is 0 Å². The molecule has 0 saturated carbocycles. The van der Waals surface area contributed by atoms with Gasteiger partial charge in [-0.2, -0.15) is 0 Å². The molecule has 1 N–H and O–H groups in total. The smallest absolute Gasteiger partial charge is 0.244 e. The molecule has 1 aromatic carbocycles. The van der Waals surface area contributed by atoms with Crippen molar-refractivity contribution in [1.82, 2.24) is 5.32 Å². The molecule has 3 nitrogen and oxygen atoms in total. The molecule has 0 saturated heterocycles. The van der Waals surface area contributed by atoms with Crippen LogP contribution in [0.15, 0.2) is 28.7 Å². The van der Waals surface area contributed by atoms with Crippen molar-refractivity contribution in [3.05, 3.63) is 34.3 Å². The van der Waals surface area contributed by atoms with Crippen molar-refractivity contribution >= 4 is 27.9 Å². The van der Waals surface area contributed by atoms with E-state index in [4.69, 9.17) is 4.74 Å². The predicted octanol–water partition coefficient (Wildman–Crippen LogP) is 4.17. The van der Waals surface area contributed by atoms with Gasteiger partial charge in [-0.15, -0.1) is 0 Å². The summed E-state index contributed by atoms with van der Waals surface area (Å²) in [5.74, 6) is 0.717. The topological polar surface area (TPSA) is 38.3 Å². The number of unbranched alkanes of at least 4 members (excludes halogenated alkanes) is 2. The number of hydrogen-bond acceptors (Lipinski definition) is 2. The molecule has 1 aromatic rings. The third kappa shape index (κ3) is 6.24. The van der Waals surface area contributed by atoms with E-state index in [-0.39, 0.29) is 5.91 Å². The van der Waals surface area contributed by atoms with Gasteiger partial charge in [-0.05, 0) is 37.6 Å². The highest BCUT2D eigenvalue weighted by molar-refractivity contribution is 9.10. The SMILES string of the molecule is CCCCCNC(=O)/C=C/c1cc(Br)ccc1OCC. The summed E-state index contributed by atoms with van der Waals surface area (Å²) in [4.78, 5) is 11.7. The zero-order chi connectivity index (χ0) is 14.8. The van der Waals surface area contributed by atoms with Gasteiger partial charge in [0, 0.05) is 22.7 Å². The van der Waals surface area contributed by atoms with Gasteiger partial charge in [0.25, 0.3) is 0 Å². The molecule has 4 heteroatoms. The maximum atomic E-state index is 11.7. The first-order valence-electron chi connectivity index (χ1n) is 7.05. The normalized spacial score (nSPS) is 10.8. The first-order valence-corrected chi connectivity index (χ1v) is 7.85. The minimum Gasteiger partial charge on any atom is -0.493 e. The van der Waals surface area contributed by atoms with Crippen LogP contribution in [0, 0.1) is 0 Å². The van der Waals surface area contributed by atoms with Crippen molar-refractivity contribution in [3.63, 3.8) is 0 Å². The van der Waals surface area contributed by atoms with E-state index in [1.54, 1.807) is 12.2 Å². The Hall–Kier alpha value is -1.29. The van der Waals surface area contributed by atoms with Crippen LogP contribution in [0.1, 0.15) is 38.7 Å². The van der Waals surface area contributed by atoms with Gasteiger partial charge in [0.15, 0.2) is 0 Å². The van der Waals surface area contributed by atoms with Crippen LogP contribution >= 0.6 is 15.9 Å². The number of carbonyl (C=O) groups is 1. The summed E-state index contributed by atoms with van der Waals surface area (Å²) in [6, 6.07) is 5.76. The molecule has 0 spiro atoms. The first kappa shape index (κ1) is 16.8. The summed E-state index contributed by atoms with van der Waals surface area (Å²) in [5, 5.41) is 2.88. The van der Waals surface area contributed by atoms with Crippen LogP contribution in [-0.4, -0.2) is 19.1 Å². The average Bonchev–Trinajstić information content (AvgIpc) is 2.44. The highest BCUT2D eigenvalue weighted by atomic mass is 79.9. The lowest BCUT2D eigenvalue weighted by Crippen LogP contribution is -2.21. The molecule has 1 rings (SSSR count). The molecule has 110 valence electrons. The van der Waals surface area contributed by atoms with Crippen LogP contribution in [-0.2, 0) is 4.79 Å². The number of nitrogens with one attached hydrogen (secondary N) is 1. The summed E-state index contributed by atoms with van der Waals surface area (Å²) in [6.45, 7) is 5.42. The summed E-state index contributed by atoms with van der Waals surface area (Å²) in [5.41, 5.74) is 0.893. The highest BCUT2D eigenvalue weighted by Gasteiger charge is 2.02. The average molecular weight is 340 g/mol. The maximum Gasteiger partial charge on any atom is 0.244 e. The molecule has 0 unspecified atom stereocenters. The first-order chi connectivity index (χ1) is 9.67. The Morgan fingerprint density at radius 2 is 2.15 bits per heavy atom. The molecule has 0 bridgehead atoms. The van der Waals surface area contributed by atoms with Crippen molar-refractivity contribution < 1.29 is 9.53 Å². The molecule has 1 amide bonds. The van der Waals surface area contributed by atoms with Crippen molar-refractivity contribution in [1.29, 1.82) is 0 Å². The molecular weight excluding hydrogens is 318 g/mol. The van der Waals surface area contributed by atoms with Gasteiger partial charge < -0.3 is 10.1 Å². The van der Waals surface area contributed by atoms with E-state index in [1.807, 2.05) is 25.1 Å². The lowest BCUT2D eigenvalue weighted by molar-refractivity contribution is -0.116. The van der Waals surface area contributed by atoms with Gasteiger partial charge >= 0.3 is 0 Å². The van der Waals surface area contributed by atoms with Crippen LogP contribution in [0.2, 0.25) is 0 Å². The fraction of sp³-hybridized carbons (Fsp3) is 0.438. The van der Waals surface area contributed by atoms with Gasteiger partial charge in [-0.1, -0.05) is 35.7 Å². The Bertz CT molecular complexity index is 458. The number of carbonyl (C=O) groups excluding carboxylic acids is 1. The van der Waals surface area contributed by atoms with E-state index in [0.717, 1.165) is 41.6 Å². The Balaban J connectivity index is 2.59. The number of rotatable bonds is 8. The van der Waals surface area contributed by atoms with E-state index in [0.29, 0.717) is 6.61 Å². The zero-order valence-corrected chi connectivity index (χ0v) is 13.7. The molecule has 0 aliphatic rings. The predicted molar refractivity (Wildman–Crippen MR) is 86.9 cm³/mol. The lowest BCUT2D eigenvalue weighted by Gasteiger charge is -2.07. The highest BCUT2D eigenvalue weighted by Crippen LogP contribution is 2.24. The monoisotopic (exact) mass is 339 g/mol. The molecule has 0 radical (unpaired) electrons. The molecule has 0 aromatic heterocycles. The van der Waals surface area contributed by atoms with Gasteiger partial charge in [-0.25, -0.2) is 0 Å². The van der Waals surface area contributed by atoms with Crippen molar-refractivity contribution in [3.8, 4) is 5.75 Å². The van der Waals surface area contributed by atoms with Crippen molar-refractivity contribution in [2.75, 3.05) is 13.2 Å². The zero-order valence-electron chi connectivity index (χ0n) is 12.1. The largest absolute Gasteiger partial charge is 0.493 e. The minimum absolute atomic E-state index is 0.0662. The quantitative estimate of drug-likeness (QED) is 0.570. The fourth-order valence-corrected chi connectivity index (χ4v) is 2.13. The van der Waals surface area contributed by atoms with Crippen molar-refractivity contribution in [2.45, 2.75) is 33.1 Å². The third-order valence-corrected chi connectivity index (χ3v) is 3.26. The lowest BCUT2D eigenvalue weighted by atomic mass is 10.2. The third-order valence-electron chi connectivity index (χ3n) is 2.77. The minimum atomic E-state index is -0.0662. The molecule has 0 aliphatic heterocycles. The second-order valence-electron chi connectivity index (χ2n) is 4.45. The van der Waals surface area contributed by atoms with E-state index in [1.165, 1.54) is 0 Å². The summed E-state index contributed by atoms with van der Waals surface area (Å²) < 4.78 is 6.50. The van der Waals surface area contributed by atoms with E-state index >= 15 is 0 Å². The van der Waals surface area contributed by atoms with E-state index < -0.39 is 0 Å². The molecule has 20 heavy (non-hydrogen) atoms. The summed E-state index contributed by atoms with van der Waals surface area (Å²) in [7, 11) is 0. The number of benzene rings is 1. The van der Waals surface area contributed by atoms with Crippen LogP contribution in [0.25, 0.3) is 6.08 Å². The van der Waals surface area contributed by atoms with Gasteiger partial charge in [-0.3, -0.25) is 4.79 Å². The summed E-state index contributed by atoms with van der Waals surface area (Å²) in [6.07, 6.45) is 6.66. The van der Waals surface area contributed by atoms with Crippen LogP contribution in [0.3, 0.4) is 0 Å². The molecule has 0 atom stereocenters. The number of halogens is 1. The molecular formula is C16H22BrNO2. The number of ether oxygens (including phenoxy) is 1.